The normalized spacial score (nSPS) is 24.7. The zero-order valence-corrected chi connectivity index (χ0v) is 10.2. The van der Waals surface area contributed by atoms with Gasteiger partial charge in [0.25, 0.3) is 0 Å². The number of carbonyl (C=O) groups excluding carboxylic acids is 1. The third-order valence-corrected chi connectivity index (χ3v) is 3.50. The van der Waals surface area contributed by atoms with Crippen LogP contribution in [0, 0.1) is 17.2 Å². The number of amides is 1. The third-order valence-electron chi connectivity index (χ3n) is 3.50. The van der Waals surface area contributed by atoms with Gasteiger partial charge < -0.3 is 10.1 Å². The van der Waals surface area contributed by atoms with Crippen LogP contribution < -0.4 is 5.32 Å². The van der Waals surface area contributed by atoms with Gasteiger partial charge in [-0.2, -0.15) is 5.26 Å². The quantitative estimate of drug-likeness (QED) is 0.754. The zero-order chi connectivity index (χ0) is 12.3. The second kappa shape index (κ2) is 5.03. The highest BCUT2D eigenvalue weighted by Gasteiger charge is 2.43. The molecule has 0 spiro atoms. The van der Waals surface area contributed by atoms with Crippen LogP contribution in [0.3, 0.4) is 0 Å². The van der Waals surface area contributed by atoms with Crippen molar-refractivity contribution < 1.29 is 9.53 Å². The minimum Gasteiger partial charge on any atom is -0.379 e. The molecule has 1 saturated heterocycles. The fraction of sp³-hybridized carbons (Fsp3) is 0.833. The van der Waals surface area contributed by atoms with Crippen LogP contribution in [0.1, 0.15) is 19.8 Å². The Hall–Kier alpha value is -1.12. The molecule has 1 heterocycles. The van der Waals surface area contributed by atoms with Crippen molar-refractivity contribution >= 4 is 5.91 Å². The summed E-state index contributed by atoms with van der Waals surface area (Å²) in [5.74, 6) is 0.281. The van der Waals surface area contributed by atoms with Gasteiger partial charge in [0.1, 0.15) is 5.54 Å². The van der Waals surface area contributed by atoms with E-state index in [4.69, 9.17) is 10.00 Å². The molecule has 0 radical (unpaired) electrons. The SMILES string of the molecule is C[C@@](C#N)(NC(=O)CN1CCOCC1)C1CC1. The highest BCUT2D eigenvalue weighted by atomic mass is 16.5. The molecule has 0 aromatic heterocycles. The van der Waals surface area contributed by atoms with Gasteiger partial charge in [0.2, 0.25) is 5.91 Å². The lowest BCUT2D eigenvalue weighted by Gasteiger charge is -2.28. The van der Waals surface area contributed by atoms with Gasteiger partial charge >= 0.3 is 0 Å². The number of hydrogen-bond acceptors (Lipinski definition) is 4. The smallest absolute Gasteiger partial charge is 0.235 e. The van der Waals surface area contributed by atoms with Crippen LogP contribution in [-0.2, 0) is 9.53 Å². The van der Waals surface area contributed by atoms with Crippen LogP contribution in [0.5, 0.6) is 0 Å². The molecule has 1 aliphatic carbocycles. The van der Waals surface area contributed by atoms with Gasteiger partial charge in [0, 0.05) is 13.1 Å². The second-order valence-corrected chi connectivity index (χ2v) is 5.03. The van der Waals surface area contributed by atoms with Crippen molar-refractivity contribution in [2.45, 2.75) is 25.3 Å². The molecule has 0 aromatic carbocycles. The van der Waals surface area contributed by atoms with Crippen LogP contribution >= 0.6 is 0 Å². The molecule has 2 rings (SSSR count). The topological polar surface area (TPSA) is 65.4 Å². The average molecular weight is 237 g/mol. The Kier molecular flexibility index (Phi) is 3.65. The Morgan fingerprint density at radius 2 is 2.18 bits per heavy atom. The summed E-state index contributed by atoms with van der Waals surface area (Å²) >= 11 is 0. The van der Waals surface area contributed by atoms with Crippen LogP contribution in [0.25, 0.3) is 0 Å². The van der Waals surface area contributed by atoms with Crippen LogP contribution in [0.15, 0.2) is 0 Å². The molecule has 2 fully saturated rings. The molecule has 0 bridgehead atoms. The molecule has 1 atom stereocenters. The monoisotopic (exact) mass is 237 g/mol. The first-order chi connectivity index (χ1) is 8.14. The van der Waals surface area contributed by atoms with E-state index in [0.717, 1.165) is 25.9 Å². The Balaban J connectivity index is 1.81. The van der Waals surface area contributed by atoms with Crippen LogP contribution in [0.4, 0.5) is 0 Å². The van der Waals surface area contributed by atoms with E-state index in [-0.39, 0.29) is 5.91 Å². The van der Waals surface area contributed by atoms with Crippen LogP contribution in [-0.4, -0.2) is 49.2 Å². The maximum absolute atomic E-state index is 11.9. The Morgan fingerprint density at radius 3 is 2.71 bits per heavy atom. The number of hydrogen-bond donors (Lipinski definition) is 1. The van der Waals surface area contributed by atoms with Crippen molar-refractivity contribution in [3.63, 3.8) is 0 Å². The Morgan fingerprint density at radius 1 is 1.53 bits per heavy atom. The lowest BCUT2D eigenvalue weighted by molar-refractivity contribution is -0.124. The summed E-state index contributed by atoms with van der Waals surface area (Å²) in [7, 11) is 0. The number of nitriles is 1. The number of nitrogens with zero attached hydrogens (tertiary/aromatic N) is 2. The van der Waals surface area contributed by atoms with E-state index in [9.17, 15) is 4.79 Å². The minimum atomic E-state index is -0.677. The summed E-state index contributed by atoms with van der Waals surface area (Å²) in [6.45, 7) is 5.15. The third kappa shape index (κ3) is 3.18. The number of carbonyl (C=O) groups is 1. The van der Waals surface area contributed by atoms with Gasteiger partial charge in [-0.15, -0.1) is 0 Å². The molecular formula is C12H19N3O2. The van der Waals surface area contributed by atoms with Gasteiger partial charge in [-0.05, 0) is 25.7 Å². The minimum absolute atomic E-state index is 0.0529. The van der Waals surface area contributed by atoms with E-state index < -0.39 is 5.54 Å². The summed E-state index contributed by atoms with van der Waals surface area (Å²) in [4.78, 5) is 13.9. The highest BCUT2D eigenvalue weighted by Crippen LogP contribution is 2.39. The molecule has 17 heavy (non-hydrogen) atoms. The largest absolute Gasteiger partial charge is 0.379 e. The van der Waals surface area contributed by atoms with Crippen molar-refractivity contribution in [3.05, 3.63) is 0 Å². The van der Waals surface area contributed by atoms with Crippen molar-refractivity contribution in [1.82, 2.24) is 10.2 Å². The summed E-state index contributed by atoms with van der Waals surface area (Å²) < 4.78 is 5.23. The first-order valence-corrected chi connectivity index (χ1v) is 6.16. The average Bonchev–Trinajstić information content (AvgIpc) is 3.14. The molecule has 0 aromatic rings. The number of rotatable bonds is 4. The molecular weight excluding hydrogens is 218 g/mol. The number of ether oxygens (including phenoxy) is 1. The first-order valence-electron chi connectivity index (χ1n) is 6.16. The molecule has 0 unspecified atom stereocenters. The lowest BCUT2D eigenvalue weighted by atomic mass is 9.98. The fourth-order valence-electron chi connectivity index (χ4n) is 2.17. The fourth-order valence-corrected chi connectivity index (χ4v) is 2.17. The highest BCUT2D eigenvalue weighted by molar-refractivity contribution is 5.79. The second-order valence-electron chi connectivity index (χ2n) is 5.03. The van der Waals surface area contributed by atoms with Crippen molar-refractivity contribution in [1.29, 1.82) is 5.26 Å². The maximum atomic E-state index is 11.9. The summed E-state index contributed by atoms with van der Waals surface area (Å²) in [5.41, 5.74) is -0.677. The standard InChI is InChI=1S/C12H19N3O2/c1-12(9-13,10-2-3-10)14-11(16)8-15-4-6-17-7-5-15/h10H,2-8H2,1H3,(H,14,16)/t12-/m0/s1. The van der Waals surface area contributed by atoms with Crippen LogP contribution in [0.2, 0.25) is 0 Å². The molecule has 2 aliphatic rings. The van der Waals surface area contributed by atoms with E-state index in [0.29, 0.717) is 25.7 Å². The predicted molar refractivity (Wildman–Crippen MR) is 62.1 cm³/mol. The maximum Gasteiger partial charge on any atom is 0.235 e. The van der Waals surface area contributed by atoms with E-state index in [1.807, 2.05) is 6.92 Å². The molecule has 1 saturated carbocycles. The molecule has 1 N–H and O–H groups in total. The van der Waals surface area contributed by atoms with E-state index in [1.54, 1.807) is 0 Å². The van der Waals surface area contributed by atoms with Gasteiger partial charge in [-0.1, -0.05) is 0 Å². The van der Waals surface area contributed by atoms with E-state index in [1.165, 1.54) is 0 Å². The molecule has 1 amide bonds. The van der Waals surface area contributed by atoms with Gasteiger partial charge in [0.05, 0.1) is 25.8 Å². The molecule has 1 aliphatic heterocycles. The first kappa shape index (κ1) is 12.3. The van der Waals surface area contributed by atoms with Gasteiger partial charge in [-0.3, -0.25) is 9.69 Å². The van der Waals surface area contributed by atoms with E-state index in [2.05, 4.69) is 16.3 Å². The number of morpholine rings is 1. The Labute approximate surface area is 102 Å². The predicted octanol–water partition coefficient (Wildman–Crippen LogP) is 0.127. The van der Waals surface area contributed by atoms with E-state index >= 15 is 0 Å². The summed E-state index contributed by atoms with van der Waals surface area (Å²) in [6.07, 6.45) is 2.09. The molecule has 5 nitrogen and oxygen atoms in total. The summed E-state index contributed by atoms with van der Waals surface area (Å²) in [6, 6.07) is 2.23. The van der Waals surface area contributed by atoms with Crippen molar-refractivity contribution in [2.75, 3.05) is 32.8 Å². The lowest BCUT2D eigenvalue weighted by Crippen LogP contribution is -2.51. The molecule has 5 heteroatoms. The number of nitrogens with one attached hydrogen (secondary N) is 1. The van der Waals surface area contributed by atoms with Crippen molar-refractivity contribution in [3.8, 4) is 6.07 Å². The van der Waals surface area contributed by atoms with Gasteiger partial charge in [0.15, 0.2) is 0 Å². The van der Waals surface area contributed by atoms with Crippen molar-refractivity contribution in [2.24, 2.45) is 5.92 Å². The Bertz CT molecular complexity index is 329. The summed E-state index contributed by atoms with van der Waals surface area (Å²) in [5, 5.41) is 12.0. The van der Waals surface area contributed by atoms with Gasteiger partial charge in [-0.25, -0.2) is 0 Å². The molecule has 94 valence electrons. The zero-order valence-electron chi connectivity index (χ0n) is 10.2.